The Morgan fingerprint density at radius 1 is 1.28 bits per heavy atom. The van der Waals surface area contributed by atoms with Crippen LogP contribution >= 0.6 is 0 Å². The number of para-hydroxylation sites is 1. The molecule has 29 heavy (non-hydrogen) atoms. The van der Waals surface area contributed by atoms with E-state index in [1.165, 1.54) is 0 Å². The van der Waals surface area contributed by atoms with Crippen LogP contribution in [-0.2, 0) is 22.4 Å². The van der Waals surface area contributed by atoms with E-state index in [-0.39, 0.29) is 18.6 Å². The minimum atomic E-state index is -1.08. The van der Waals surface area contributed by atoms with Gasteiger partial charge in [-0.25, -0.2) is 9.48 Å². The summed E-state index contributed by atoms with van der Waals surface area (Å²) in [4.78, 5) is 24.5. The summed E-state index contributed by atoms with van der Waals surface area (Å²) in [5, 5.41) is 16.7. The van der Waals surface area contributed by atoms with Crippen LogP contribution < -0.4 is 5.32 Å². The molecule has 0 aliphatic heterocycles. The average molecular weight is 399 g/mol. The second-order valence-corrected chi connectivity index (χ2v) is 8.44. The summed E-state index contributed by atoms with van der Waals surface area (Å²) in [6.45, 7) is 7.97. The number of aryl methyl sites for hydroxylation is 1. The average Bonchev–Trinajstić information content (AvgIpc) is 3.22. The zero-order valence-corrected chi connectivity index (χ0v) is 17.5. The molecule has 7 heteroatoms. The molecular weight excluding hydrogens is 370 g/mol. The number of carboxylic acid groups (broad SMARTS) is 1. The van der Waals surface area contributed by atoms with Gasteiger partial charge in [-0.3, -0.25) is 4.79 Å². The van der Waals surface area contributed by atoms with Crippen molar-refractivity contribution in [1.82, 2.24) is 15.1 Å². The van der Waals surface area contributed by atoms with E-state index < -0.39 is 17.9 Å². The maximum atomic E-state index is 12.9. The van der Waals surface area contributed by atoms with Crippen molar-refractivity contribution in [1.29, 1.82) is 0 Å². The Balaban J connectivity index is 1.81. The second-order valence-electron chi connectivity index (χ2n) is 8.44. The van der Waals surface area contributed by atoms with Gasteiger partial charge in [-0.15, -0.1) is 0 Å². The lowest BCUT2D eigenvalue weighted by molar-refractivity contribution is -0.140. The van der Waals surface area contributed by atoms with Crippen molar-refractivity contribution in [3.8, 4) is 5.69 Å². The number of carboxylic acids is 1. The van der Waals surface area contributed by atoms with Gasteiger partial charge in [-0.05, 0) is 58.6 Å². The Hall–Kier alpha value is -2.67. The van der Waals surface area contributed by atoms with Gasteiger partial charge in [0.15, 0.2) is 5.69 Å². The SMILES string of the molecule is Cc1ccccc1-n1nc(C(=O)NC(CCOC(C)(C)C)C(=O)O)c2c1CCC2. The number of carbonyl (C=O) groups is 2. The van der Waals surface area contributed by atoms with E-state index in [1.807, 2.05) is 56.6 Å². The van der Waals surface area contributed by atoms with Crippen LogP contribution in [0.4, 0.5) is 0 Å². The number of aromatic nitrogens is 2. The van der Waals surface area contributed by atoms with Crippen molar-refractivity contribution in [2.75, 3.05) is 6.61 Å². The monoisotopic (exact) mass is 399 g/mol. The highest BCUT2D eigenvalue weighted by Crippen LogP contribution is 2.29. The Kier molecular flexibility index (Phi) is 6.07. The van der Waals surface area contributed by atoms with Gasteiger partial charge in [0, 0.05) is 24.3 Å². The number of ether oxygens (including phenoxy) is 1. The van der Waals surface area contributed by atoms with Crippen molar-refractivity contribution in [2.24, 2.45) is 0 Å². The van der Waals surface area contributed by atoms with Crippen LogP contribution in [0.5, 0.6) is 0 Å². The number of amides is 1. The molecule has 1 aliphatic rings. The normalized spacial score (nSPS) is 14.5. The lowest BCUT2D eigenvalue weighted by Crippen LogP contribution is -2.42. The fourth-order valence-electron chi connectivity index (χ4n) is 3.59. The van der Waals surface area contributed by atoms with Crippen molar-refractivity contribution in [3.63, 3.8) is 0 Å². The molecule has 0 fully saturated rings. The minimum absolute atomic E-state index is 0.193. The van der Waals surface area contributed by atoms with Gasteiger partial charge < -0.3 is 15.2 Å². The number of nitrogens with zero attached hydrogens (tertiary/aromatic N) is 2. The molecule has 7 nitrogen and oxygen atoms in total. The van der Waals surface area contributed by atoms with Crippen LogP contribution in [0.15, 0.2) is 24.3 Å². The first-order valence-corrected chi connectivity index (χ1v) is 10.0. The molecule has 0 radical (unpaired) electrons. The largest absolute Gasteiger partial charge is 0.480 e. The van der Waals surface area contributed by atoms with Gasteiger partial charge in [-0.2, -0.15) is 5.10 Å². The van der Waals surface area contributed by atoms with Crippen LogP contribution in [0.25, 0.3) is 5.69 Å². The molecule has 1 aromatic heterocycles. The topological polar surface area (TPSA) is 93.5 Å². The van der Waals surface area contributed by atoms with E-state index >= 15 is 0 Å². The Morgan fingerprint density at radius 2 is 2.00 bits per heavy atom. The van der Waals surface area contributed by atoms with Crippen molar-refractivity contribution in [3.05, 3.63) is 46.8 Å². The summed E-state index contributed by atoms with van der Waals surface area (Å²) in [5.74, 6) is -1.52. The zero-order valence-electron chi connectivity index (χ0n) is 17.5. The minimum Gasteiger partial charge on any atom is -0.480 e. The molecule has 0 bridgehead atoms. The number of rotatable bonds is 7. The fraction of sp³-hybridized carbons (Fsp3) is 0.500. The number of hydrogen-bond acceptors (Lipinski definition) is 4. The van der Waals surface area contributed by atoms with E-state index in [2.05, 4.69) is 10.4 Å². The van der Waals surface area contributed by atoms with Gasteiger partial charge in [0.2, 0.25) is 0 Å². The molecular formula is C22H29N3O4. The molecule has 1 atom stereocenters. The first kappa shape index (κ1) is 21.0. The fourth-order valence-corrected chi connectivity index (χ4v) is 3.59. The predicted octanol–water partition coefficient (Wildman–Crippen LogP) is 3.06. The van der Waals surface area contributed by atoms with Gasteiger partial charge in [-0.1, -0.05) is 18.2 Å². The number of hydrogen-bond donors (Lipinski definition) is 2. The molecule has 2 aromatic rings. The van der Waals surface area contributed by atoms with Crippen LogP contribution in [0.2, 0.25) is 0 Å². The standard InChI is InChI=1S/C22H29N3O4/c1-14-8-5-6-10-17(14)25-18-11-7-9-15(18)19(24-25)20(26)23-16(21(27)28)12-13-29-22(2,3)4/h5-6,8,10,16H,7,9,11-13H2,1-4H3,(H,23,26)(H,27,28). The van der Waals surface area contributed by atoms with Crippen LogP contribution in [0.3, 0.4) is 0 Å². The van der Waals surface area contributed by atoms with Gasteiger partial charge in [0.1, 0.15) is 6.04 Å². The highest BCUT2D eigenvalue weighted by molar-refractivity contribution is 5.96. The highest BCUT2D eigenvalue weighted by atomic mass is 16.5. The van der Waals surface area contributed by atoms with Crippen LogP contribution in [0.1, 0.15) is 60.9 Å². The number of benzene rings is 1. The van der Waals surface area contributed by atoms with Crippen molar-refractivity contribution >= 4 is 11.9 Å². The maximum Gasteiger partial charge on any atom is 0.326 e. The highest BCUT2D eigenvalue weighted by Gasteiger charge is 2.30. The number of aliphatic carboxylic acids is 1. The third-order valence-corrected chi connectivity index (χ3v) is 5.03. The van der Waals surface area contributed by atoms with E-state index in [1.54, 1.807) is 0 Å². The third kappa shape index (κ3) is 4.85. The van der Waals surface area contributed by atoms with Crippen LogP contribution in [0, 0.1) is 6.92 Å². The Bertz CT molecular complexity index is 911. The summed E-state index contributed by atoms with van der Waals surface area (Å²) in [6.07, 6.45) is 2.78. The molecule has 2 N–H and O–H groups in total. The summed E-state index contributed by atoms with van der Waals surface area (Å²) in [6, 6.07) is 6.87. The molecule has 1 unspecified atom stereocenters. The number of carbonyl (C=O) groups excluding carboxylic acids is 1. The van der Waals surface area contributed by atoms with E-state index in [0.29, 0.717) is 5.69 Å². The Morgan fingerprint density at radius 3 is 2.66 bits per heavy atom. The second kappa shape index (κ2) is 8.37. The molecule has 0 saturated heterocycles. The maximum absolute atomic E-state index is 12.9. The molecule has 1 aliphatic carbocycles. The third-order valence-electron chi connectivity index (χ3n) is 5.03. The van der Waals surface area contributed by atoms with Gasteiger partial charge in [0.25, 0.3) is 5.91 Å². The molecule has 1 heterocycles. The zero-order chi connectivity index (χ0) is 21.2. The smallest absolute Gasteiger partial charge is 0.326 e. The van der Waals surface area contributed by atoms with Crippen LogP contribution in [-0.4, -0.2) is 45.0 Å². The molecule has 1 aromatic carbocycles. The molecule has 0 spiro atoms. The molecule has 3 rings (SSSR count). The van der Waals surface area contributed by atoms with E-state index in [4.69, 9.17) is 4.74 Å². The summed E-state index contributed by atoms with van der Waals surface area (Å²) in [7, 11) is 0. The molecule has 0 saturated carbocycles. The first-order valence-electron chi connectivity index (χ1n) is 10.0. The van der Waals surface area contributed by atoms with Gasteiger partial charge >= 0.3 is 5.97 Å². The van der Waals surface area contributed by atoms with E-state index in [9.17, 15) is 14.7 Å². The van der Waals surface area contributed by atoms with Gasteiger partial charge in [0.05, 0.1) is 11.3 Å². The lowest BCUT2D eigenvalue weighted by atomic mass is 10.1. The lowest BCUT2D eigenvalue weighted by Gasteiger charge is -2.21. The van der Waals surface area contributed by atoms with E-state index in [0.717, 1.165) is 41.8 Å². The number of fused-ring (bicyclic) bond motifs is 1. The molecule has 1 amide bonds. The Labute approximate surface area is 171 Å². The molecule has 156 valence electrons. The summed E-state index contributed by atoms with van der Waals surface area (Å²) < 4.78 is 7.45. The van der Waals surface area contributed by atoms with Crippen molar-refractivity contribution in [2.45, 2.75) is 65.0 Å². The predicted molar refractivity (Wildman–Crippen MR) is 110 cm³/mol. The first-order chi connectivity index (χ1) is 13.7. The summed E-state index contributed by atoms with van der Waals surface area (Å²) >= 11 is 0. The van der Waals surface area contributed by atoms with Crippen molar-refractivity contribution < 1.29 is 19.4 Å². The quantitative estimate of drug-likeness (QED) is 0.746. The number of nitrogens with one attached hydrogen (secondary N) is 1. The summed E-state index contributed by atoms with van der Waals surface area (Å²) in [5.41, 5.74) is 3.93.